The lowest BCUT2D eigenvalue weighted by Gasteiger charge is -2.17. The molecule has 0 radical (unpaired) electrons. The molecule has 0 saturated carbocycles. The number of ether oxygens (including phenoxy) is 1. The first-order valence-corrected chi connectivity index (χ1v) is 7.73. The molecule has 6 heteroatoms. The van der Waals surface area contributed by atoms with Gasteiger partial charge in [0.05, 0.1) is 11.5 Å². The summed E-state index contributed by atoms with van der Waals surface area (Å²) in [7, 11) is 0. The number of hydrogen-bond donors (Lipinski definition) is 0. The monoisotopic (exact) mass is 398 g/mol. The molecule has 1 aromatic carbocycles. The molecule has 0 saturated heterocycles. The summed E-state index contributed by atoms with van der Waals surface area (Å²) in [5.74, 6) is 0. The Labute approximate surface area is 136 Å². The molecule has 2 heterocycles. The lowest BCUT2D eigenvalue weighted by Crippen LogP contribution is -2.30. The van der Waals surface area contributed by atoms with Crippen LogP contribution in [0.25, 0.3) is 0 Å². The maximum absolute atomic E-state index is 5.87. The van der Waals surface area contributed by atoms with Crippen molar-refractivity contribution in [1.82, 2.24) is 4.90 Å². The summed E-state index contributed by atoms with van der Waals surface area (Å²) in [4.78, 5) is 1.94. The van der Waals surface area contributed by atoms with E-state index in [-0.39, 0.29) is 6.23 Å². The topological polar surface area (TPSA) is 27.8 Å². The molecule has 0 aromatic heterocycles. The SMILES string of the molecule is S=[N+]1N=C(N2C=CC=CC2)OC1Cc1cccc(I)c1. The van der Waals surface area contributed by atoms with Gasteiger partial charge in [0.2, 0.25) is 0 Å². The molecule has 1 atom stereocenters. The summed E-state index contributed by atoms with van der Waals surface area (Å²) in [5.41, 5.74) is 1.20. The highest BCUT2D eigenvalue weighted by molar-refractivity contribution is 14.1. The van der Waals surface area contributed by atoms with E-state index in [2.05, 4.69) is 45.9 Å². The number of amidine groups is 1. The third kappa shape index (κ3) is 3.06. The van der Waals surface area contributed by atoms with Gasteiger partial charge in [-0.2, -0.15) is 0 Å². The predicted molar refractivity (Wildman–Crippen MR) is 87.8 cm³/mol. The van der Waals surface area contributed by atoms with Crippen LogP contribution in [-0.2, 0) is 23.6 Å². The van der Waals surface area contributed by atoms with Crippen molar-refractivity contribution in [1.29, 1.82) is 0 Å². The van der Waals surface area contributed by atoms with E-state index in [1.165, 1.54) is 13.2 Å². The van der Waals surface area contributed by atoms with Crippen molar-refractivity contribution in [2.24, 2.45) is 5.10 Å². The van der Waals surface area contributed by atoms with Gasteiger partial charge < -0.3 is 4.74 Å². The van der Waals surface area contributed by atoms with Crippen molar-refractivity contribution >= 4 is 41.0 Å². The van der Waals surface area contributed by atoms with Gasteiger partial charge in [-0.05, 0) is 46.4 Å². The fourth-order valence-corrected chi connectivity index (χ4v) is 2.85. The van der Waals surface area contributed by atoms with Crippen molar-refractivity contribution in [3.63, 3.8) is 0 Å². The number of nitrogens with zero attached hydrogens (tertiary/aromatic N) is 3. The third-order valence-corrected chi connectivity index (χ3v) is 4.02. The van der Waals surface area contributed by atoms with Crippen LogP contribution < -0.4 is 0 Å². The Morgan fingerprint density at radius 2 is 2.35 bits per heavy atom. The zero-order valence-electron chi connectivity index (χ0n) is 10.6. The van der Waals surface area contributed by atoms with Gasteiger partial charge in [0, 0.05) is 20.4 Å². The smallest absolute Gasteiger partial charge is 0.366 e. The van der Waals surface area contributed by atoms with E-state index in [0.29, 0.717) is 6.02 Å². The van der Waals surface area contributed by atoms with Crippen LogP contribution in [0, 0.1) is 3.57 Å². The van der Waals surface area contributed by atoms with Crippen LogP contribution >= 0.6 is 22.6 Å². The maximum atomic E-state index is 5.87. The Morgan fingerprint density at radius 1 is 1.45 bits per heavy atom. The quantitative estimate of drug-likeness (QED) is 0.567. The van der Waals surface area contributed by atoms with Gasteiger partial charge in [-0.25, -0.2) is 0 Å². The Hall–Kier alpha value is -1.28. The summed E-state index contributed by atoms with van der Waals surface area (Å²) < 4.78 is 8.55. The highest BCUT2D eigenvalue weighted by Crippen LogP contribution is 2.17. The number of hydrogen-bond acceptors (Lipinski definition) is 3. The molecule has 0 aliphatic carbocycles. The van der Waals surface area contributed by atoms with Crippen LogP contribution in [-0.4, -0.2) is 27.7 Å². The van der Waals surface area contributed by atoms with Crippen molar-refractivity contribution < 1.29 is 8.79 Å². The molecule has 0 amide bonds. The number of rotatable bonds is 2. The van der Waals surface area contributed by atoms with E-state index in [4.69, 9.17) is 17.2 Å². The molecule has 3 rings (SSSR count). The first-order chi connectivity index (χ1) is 9.72. The summed E-state index contributed by atoms with van der Waals surface area (Å²) in [6.45, 7) is 0.758. The minimum atomic E-state index is -0.225. The highest BCUT2D eigenvalue weighted by atomic mass is 127. The Bertz CT molecular complexity index is 627. The molecule has 2 aliphatic rings. The van der Waals surface area contributed by atoms with Crippen LogP contribution in [0.2, 0.25) is 0 Å². The van der Waals surface area contributed by atoms with Crippen molar-refractivity contribution in [3.8, 4) is 0 Å². The molecule has 0 spiro atoms. The molecule has 4 nitrogen and oxygen atoms in total. The fourth-order valence-electron chi connectivity index (χ4n) is 2.06. The van der Waals surface area contributed by atoms with Gasteiger partial charge in [0.15, 0.2) is 0 Å². The predicted octanol–water partition coefficient (Wildman–Crippen LogP) is 2.59. The fraction of sp³-hybridized carbons (Fsp3) is 0.214. The van der Waals surface area contributed by atoms with E-state index in [1.54, 1.807) is 0 Å². The second kappa shape index (κ2) is 6.01. The number of halogens is 1. The van der Waals surface area contributed by atoms with Crippen LogP contribution in [0.1, 0.15) is 5.56 Å². The van der Waals surface area contributed by atoms with Crippen LogP contribution in [0.5, 0.6) is 0 Å². The van der Waals surface area contributed by atoms with Gasteiger partial charge >= 0.3 is 24.7 Å². The van der Waals surface area contributed by atoms with Gasteiger partial charge in [0.1, 0.15) is 0 Å². The largest absolute Gasteiger partial charge is 0.394 e. The van der Waals surface area contributed by atoms with Gasteiger partial charge in [-0.15, -0.1) is 0 Å². The Balaban J connectivity index is 1.68. The molecule has 0 fully saturated rings. The second-order valence-corrected chi connectivity index (χ2v) is 6.13. The first-order valence-electron chi connectivity index (χ1n) is 6.28. The lowest BCUT2D eigenvalue weighted by molar-refractivity contribution is -0.565. The van der Waals surface area contributed by atoms with E-state index >= 15 is 0 Å². The average molecular weight is 398 g/mol. The van der Waals surface area contributed by atoms with E-state index in [1.807, 2.05) is 35.4 Å². The first kappa shape index (κ1) is 13.7. The third-order valence-electron chi connectivity index (χ3n) is 3.03. The average Bonchev–Trinajstić information content (AvgIpc) is 2.81. The summed E-state index contributed by atoms with van der Waals surface area (Å²) in [5, 5.41) is 4.29. The minimum Gasteiger partial charge on any atom is -0.394 e. The summed E-state index contributed by atoms with van der Waals surface area (Å²) in [6.07, 6.45) is 8.44. The summed E-state index contributed by atoms with van der Waals surface area (Å²) in [6, 6.07) is 8.89. The zero-order chi connectivity index (χ0) is 13.9. The standard InChI is InChI=1S/C14H13IN3OS/c15-12-6-4-5-11(9-12)10-13-18(20)16-14(19-13)17-7-2-1-3-8-17/h1-7,9,13H,8,10H2/q+1. The molecule has 20 heavy (non-hydrogen) atoms. The maximum Gasteiger partial charge on any atom is 0.366 e. The molecule has 102 valence electrons. The van der Waals surface area contributed by atoms with E-state index in [9.17, 15) is 0 Å². The normalized spacial score (nSPS) is 21.1. The van der Waals surface area contributed by atoms with Gasteiger partial charge in [0.25, 0.3) is 0 Å². The molecular weight excluding hydrogens is 385 g/mol. The van der Waals surface area contributed by atoms with Crippen molar-refractivity contribution in [3.05, 3.63) is 57.8 Å². The molecule has 1 aromatic rings. The number of benzene rings is 1. The summed E-state index contributed by atoms with van der Waals surface area (Å²) >= 11 is 7.55. The van der Waals surface area contributed by atoms with Gasteiger partial charge in [-0.1, -0.05) is 24.3 Å². The van der Waals surface area contributed by atoms with E-state index in [0.717, 1.165) is 13.0 Å². The van der Waals surface area contributed by atoms with Crippen LogP contribution in [0.4, 0.5) is 0 Å². The second-order valence-electron chi connectivity index (χ2n) is 4.51. The zero-order valence-corrected chi connectivity index (χ0v) is 13.6. The molecular formula is C14H13IN3OS+. The van der Waals surface area contributed by atoms with E-state index < -0.39 is 0 Å². The molecule has 2 aliphatic heterocycles. The highest BCUT2D eigenvalue weighted by Gasteiger charge is 2.36. The number of hydrazone groups is 1. The number of allylic oxidation sites excluding steroid dienone is 2. The lowest BCUT2D eigenvalue weighted by atomic mass is 10.1. The molecule has 0 N–H and O–H groups in total. The van der Waals surface area contributed by atoms with Crippen molar-refractivity contribution in [2.75, 3.05) is 6.54 Å². The van der Waals surface area contributed by atoms with Gasteiger partial charge in [-0.3, -0.25) is 4.90 Å². The van der Waals surface area contributed by atoms with Crippen LogP contribution in [0.3, 0.4) is 0 Å². The molecule has 1 unspecified atom stereocenters. The van der Waals surface area contributed by atoms with Crippen LogP contribution in [0.15, 0.2) is 53.8 Å². The van der Waals surface area contributed by atoms with Crippen molar-refractivity contribution in [2.45, 2.75) is 12.6 Å². The Kier molecular flexibility index (Phi) is 4.11. The Morgan fingerprint density at radius 3 is 3.10 bits per heavy atom. The minimum absolute atomic E-state index is 0.225. The molecule has 0 bridgehead atoms.